The molecule has 0 aliphatic heterocycles. The van der Waals surface area contributed by atoms with Crippen LogP contribution in [0.4, 0.5) is 0 Å². The molecule has 0 spiro atoms. The Hall–Kier alpha value is -1.25. The lowest BCUT2D eigenvalue weighted by Gasteiger charge is -2.13. The Bertz CT molecular complexity index is 398. The molecule has 3 rings (SSSR count). The summed E-state index contributed by atoms with van der Waals surface area (Å²) in [5, 5.41) is 0. The van der Waals surface area contributed by atoms with Gasteiger partial charge in [0.25, 0.3) is 0 Å². The van der Waals surface area contributed by atoms with Gasteiger partial charge >= 0.3 is 5.82 Å². The first-order chi connectivity index (χ1) is 6.33. The first kappa shape index (κ1) is 7.18. The molecule has 2 aliphatic carbocycles. The van der Waals surface area contributed by atoms with Crippen LogP contribution in [0.2, 0.25) is 0 Å². The highest BCUT2D eigenvalue weighted by Gasteiger charge is 2.38. The topological polar surface area (TPSA) is 43.4 Å². The molecule has 0 aromatic carbocycles. The molecule has 2 bridgehead atoms. The van der Waals surface area contributed by atoms with E-state index < -0.39 is 5.82 Å². The van der Waals surface area contributed by atoms with E-state index >= 15 is 0 Å². The second-order valence-electron chi connectivity index (χ2n) is 3.88. The maximum Gasteiger partial charge on any atom is 0.518 e. The van der Waals surface area contributed by atoms with Gasteiger partial charge in [-0.1, -0.05) is 12.2 Å². The monoisotopic (exact) mass is 178 g/mol. The molecule has 0 N–H and O–H groups in total. The fourth-order valence-corrected chi connectivity index (χ4v) is 2.52. The van der Waals surface area contributed by atoms with Gasteiger partial charge in [-0.3, -0.25) is 0 Å². The predicted molar refractivity (Wildman–Crippen MR) is 45.3 cm³/mol. The lowest BCUT2D eigenvalue weighted by Crippen LogP contribution is -2.04. The summed E-state index contributed by atoms with van der Waals surface area (Å²) in [6.45, 7) is 0. The number of hydrogen-bond acceptors (Lipinski definition) is 3. The van der Waals surface area contributed by atoms with E-state index in [2.05, 4.69) is 16.6 Å². The van der Waals surface area contributed by atoms with Crippen molar-refractivity contribution in [3.8, 4) is 0 Å². The van der Waals surface area contributed by atoms with Crippen molar-refractivity contribution in [2.75, 3.05) is 0 Å². The van der Waals surface area contributed by atoms with Gasteiger partial charge in [-0.25, -0.2) is 4.79 Å². The molecule has 0 amide bonds. The van der Waals surface area contributed by atoms with Crippen molar-refractivity contribution in [1.82, 2.24) is 0 Å². The Labute approximate surface area is 75.0 Å². The summed E-state index contributed by atoms with van der Waals surface area (Å²) in [6, 6.07) is 0. The summed E-state index contributed by atoms with van der Waals surface area (Å²) >= 11 is 0. The first-order valence-electron chi connectivity index (χ1n) is 4.60. The largest absolute Gasteiger partial charge is 0.518 e. The van der Waals surface area contributed by atoms with Crippen molar-refractivity contribution in [3.05, 3.63) is 34.8 Å². The molecule has 2 aliphatic rings. The highest BCUT2D eigenvalue weighted by atomic mass is 16.6. The van der Waals surface area contributed by atoms with Crippen molar-refractivity contribution in [3.63, 3.8) is 0 Å². The van der Waals surface area contributed by atoms with Crippen molar-refractivity contribution in [1.29, 1.82) is 0 Å². The third kappa shape index (κ3) is 0.996. The molecule has 3 atom stereocenters. The van der Waals surface area contributed by atoms with Crippen LogP contribution in [0.1, 0.15) is 24.5 Å². The number of fused-ring (bicyclic) bond motifs is 2. The third-order valence-corrected chi connectivity index (χ3v) is 3.12. The Morgan fingerprint density at radius 1 is 1.31 bits per heavy atom. The number of rotatable bonds is 1. The Morgan fingerprint density at radius 3 is 2.77 bits per heavy atom. The van der Waals surface area contributed by atoms with Gasteiger partial charge in [-0.15, -0.1) is 0 Å². The zero-order valence-electron chi connectivity index (χ0n) is 7.10. The molecule has 3 unspecified atom stereocenters. The SMILES string of the molecule is O=c1occ(C2CC3C=CC2C3)o1. The summed E-state index contributed by atoms with van der Waals surface area (Å²) in [6.07, 6.45) is 8.26. The normalized spacial score (nSPS) is 35.8. The summed E-state index contributed by atoms with van der Waals surface area (Å²) in [7, 11) is 0. The van der Waals surface area contributed by atoms with Crippen molar-refractivity contribution < 1.29 is 8.83 Å². The van der Waals surface area contributed by atoms with Crippen LogP contribution in [0.3, 0.4) is 0 Å². The second-order valence-corrected chi connectivity index (χ2v) is 3.88. The van der Waals surface area contributed by atoms with Gasteiger partial charge in [0.05, 0.1) is 0 Å². The van der Waals surface area contributed by atoms with Crippen LogP contribution in [0.15, 0.2) is 32.0 Å². The minimum atomic E-state index is -0.582. The number of hydrogen-bond donors (Lipinski definition) is 0. The van der Waals surface area contributed by atoms with Crippen LogP contribution in [0.25, 0.3) is 0 Å². The lowest BCUT2D eigenvalue weighted by molar-refractivity contribution is 0.355. The standard InChI is InChI=1S/C10H10O3/c11-10-12-5-9(13-10)8-4-6-1-2-7(8)3-6/h1-2,5-8H,3-4H2. The van der Waals surface area contributed by atoms with Gasteiger partial charge in [0.15, 0.2) is 5.76 Å². The minimum absolute atomic E-state index is 0.376. The maximum absolute atomic E-state index is 10.7. The Kier molecular flexibility index (Phi) is 1.31. The van der Waals surface area contributed by atoms with E-state index in [9.17, 15) is 4.79 Å². The smallest absolute Gasteiger partial charge is 0.399 e. The molecule has 3 nitrogen and oxygen atoms in total. The van der Waals surface area contributed by atoms with Gasteiger partial charge in [-0.05, 0) is 24.7 Å². The zero-order chi connectivity index (χ0) is 8.84. The minimum Gasteiger partial charge on any atom is -0.399 e. The molecular weight excluding hydrogens is 168 g/mol. The van der Waals surface area contributed by atoms with E-state index in [0.717, 1.165) is 12.2 Å². The molecule has 1 aromatic rings. The average molecular weight is 178 g/mol. The van der Waals surface area contributed by atoms with Crippen LogP contribution >= 0.6 is 0 Å². The summed E-state index contributed by atoms with van der Waals surface area (Å²) in [4.78, 5) is 10.7. The maximum atomic E-state index is 10.7. The van der Waals surface area contributed by atoms with Crippen LogP contribution in [0.5, 0.6) is 0 Å². The molecule has 0 radical (unpaired) electrons. The summed E-state index contributed by atoms with van der Waals surface area (Å²) in [5.41, 5.74) is 0. The third-order valence-electron chi connectivity index (χ3n) is 3.12. The highest BCUT2D eigenvalue weighted by molar-refractivity contribution is 5.18. The fraction of sp³-hybridized carbons (Fsp3) is 0.500. The molecule has 1 heterocycles. The fourth-order valence-electron chi connectivity index (χ4n) is 2.52. The van der Waals surface area contributed by atoms with E-state index in [1.54, 1.807) is 0 Å². The van der Waals surface area contributed by atoms with Gasteiger partial charge in [0.2, 0.25) is 0 Å². The van der Waals surface area contributed by atoms with Crippen molar-refractivity contribution >= 4 is 0 Å². The van der Waals surface area contributed by atoms with E-state index in [-0.39, 0.29) is 0 Å². The lowest BCUT2D eigenvalue weighted by atomic mass is 9.92. The molecule has 1 fully saturated rings. The van der Waals surface area contributed by atoms with E-state index in [1.807, 2.05) is 0 Å². The van der Waals surface area contributed by atoms with Crippen molar-refractivity contribution in [2.45, 2.75) is 18.8 Å². The van der Waals surface area contributed by atoms with Gasteiger partial charge in [0.1, 0.15) is 6.26 Å². The van der Waals surface area contributed by atoms with Crippen LogP contribution in [-0.2, 0) is 0 Å². The van der Waals surface area contributed by atoms with Crippen molar-refractivity contribution in [2.24, 2.45) is 11.8 Å². The zero-order valence-corrected chi connectivity index (χ0v) is 7.10. The molecule has 68 valence electrons. The van der Waals surface area contributed by atoms with Crippen LogP contribution in [0, 0.1) is 11.8 Å². The predicted octanol–water partition coefficient (Wildman–Crippen LogP) is 1.91. The van der Waals surface area contributed by atoms with Gasteiger partial charge in [-0.2, -0.15) is 0 Å². The molecule has 13 heavy (non-hydrogen) atoms. The summed E-state index contributed by atoms with van der Waals surface area (Å²) < 4.78 is 9.60. The Balaban J connectivity index is 1.95. The first-order valence-corrected chi connectivity index (χ1v) is 4.60. The molecule has 0 saturated heterocycles. The van der Waals surface area contributed by atoms with E-state index in [1.165, 1.54) is 12.7 Å². The van der Waals surface area contributed by atoms with Crippen LogP contribution in [-0.4, -0.2) is 0 Å². The van der Waals surface area contributed by atoms with E-state index in [4.69, 9.17) is 4.42 Å². The molecular formula is C10H10O3. The quantitative estimate of drug-likeness (QED) is 0.617. The second kappa shape index (κ2) is 2.37. The highest BCUT2D eigenvalue weighted by Crippen LogP contribution is 2.48. The Morgan fingerprint density at radius 2 is 2.23 bits per heavy atom. The molecule has 3 heteroatoms. The average Bonchev–Trinajstić information content (AvgIpc) is 2.77. The van der Waals surface area contributed by atoms with Gasteiger partial charge < -0.3 is 8.83 Å². The molecule has 1 aromatic heterocycles. The summed E-state index contributed by atoms with van der Waals surface area (Å²) in [5.74, 6) is 1.77. The van der Waals surface area contributed by atoms with Gasteiger partial charge in [0, 0.05) is 5.92 Å². The molecule has 1 saturated carbocycles. The van der Waals surface area contributed by atoms with Crippen LogP contribution < -0.4 is 5.82 Å². The van der Waals surface area contributed by atoms with E-state index in [0.29, 0.717) is 17.8 Å². The number of allylic oxidation sites excluding steroid dienone is 2.